The fraction of sp³-hybridized carbons (Fsp3) is 0.706. The lowest BCUT2D eigenvalue weighted by atomic mass is 10.0. The molecule has 1 N–H and O–H groups in total. The van der Waals surface area contributed by atoms with Gasteiger partial charge in [-0.2, -0.15) is 0 Å². The first-order chi connectivity index (χ1) is 9.58. The Kier molecular flexibility index (Phi) is 7.78. The first-order valence-corrected chi connectivity index (χ1v) is 7.95. The average molecular weight is 277 g/mol. The molecule has 0 aliphatic heterocycles. The van der Waals surface area contributed by atoms with E-state index >= 15 is 0 Å². The standard InChI is InChI=1S/C17H31N3/c1-6-11-18-12-17(14(3)4)20(7-2)13-16-10-8-9-15(5)19-16/h8-10,14,17-18H,6-7,11-13H2,1-5H3. The summed E-state index contributed by atoms with van der Waals surface area (Å²) in [6, 6.07) is 6.86. The molecule has 0 aliphatic rings. The van der Waals surface area contributed by atoms with Gasteiger partial charge in [0.05, 0.1) is 5.69 Å². The van der Waals surface area contributed by atoms with Gasteiger partial charge in [0.1, 0.15) is 0 Å². The van der Waals surface area contributed by atoms with Crippen LogP contribution in [0.4, 0.5) is 0 Å². The molecule has 1 rings (SSSR count). The molecule has 0 bridgehead atoms. The van der Waals surface area contributed by atoms with E-state index in [-0.39, 0.29) is 0 Å². The fourth-order valence-corrected chi connectivity index (χ4v) is 2.57. The Bertz CT molecular complexity index is 376. The molecule has 3 heteroatoms. The first kappa shape index (κ1) is 17.1. The lowest BCUT2D eigenvalue weighted by Gasteiger charge is -2.33. The molecular formula is C17H31N3. The van der Waals surface area contributed by atoms with Crippen molar-refractivity contribution in [2.45, 2.75) is 53.6 Å². The summed E-state index contributed by atoms with van der Waals surface area (Å²) in [6.45, 7) is 15.3. The van der Waals surface area contributed by atoms with E-state index < -0.39 is 0 Å². The summed E-state index contributed by atoms with van der Waals surface area (Å²) in [6.07, 6.45) is 1.19. The van der Waals surface area contributed by atoms with Gasteiger partial charge in [-0.05, 0) is 44.5 Å². The number of aryl methyl sites for hydroxylation is 1. The molecule has 0 radical (unpaired) electrons. The predicted octanol–water partition coefficient (Wildman–Crippen LogP) is 3.24. The summed E-state index contributed by atoms with van der Waals surface area (Å²) >= 11 is 0. The van der Waals surface area contributed by atoms with Crippen LogP contribution in [-0.4, -0.2) is 35.6 Å². The van der Waals surface area contributed by atoms with Crippen molar-refractivity contribution in [1.82, 2.24) is 15.2 Å². The lowest BCUT2D eigenvalue weighted by Crippen LogP contribution is -2.45. The molecule has 0 saturated heterocycles. The van der Waals surface area contributed by atoms with Gasteiger partial charge >= 0.3 is 0 Å². The number of rotatable bonds is 9. The van der Waals surface area contributed by atoms with Gasteiger partial charge in [-0.1, -0.05) is 33.8 Å². The SMILES string of the molecule is CCCNCC(C(C)C)N(CC)Cc1cccc(C)n1. The van der Waals surface area contributed by atoms with E-state index in [4.69, 9.17) is 0 Å². The summed E-state index contributed by atoms with van der Waals surface area (Å²) in [5.74, 6) is 0.643. The quantitative estimate of drug-likeness (QED) is 0.702. The molecule has 0 fully saturated rings. The van der Waals surface area contributed by atoms with E-state index in [0.717, 1.165) is 31.9 Å². The van der Waals surface area contributed by atoms with Crippen LogP contribution in [0.2, 0.25) is 0 Å². The third-order valence-corrected chi connectivity index (χ3v) is 3.74. The molecule has 114 valence electrons. The highest BCUT2D eigenvalue weighted by Crippen LogP contribution is 2.13. The average Bonchev–Trinajstić information content (AvgIpc) is 2.41. The number of nitrogens with zero attached hydrogens (tertiary/aromatic N) is 2. The largest absolute Gasteiger partial charge is 0.315 e. The smallest absolute Gasteiger partial charge is 0.0547 e. The summed E-state index contributed by atoms with van der Waals surface area (Å²) in [5, 5.41) is 3.57. The number of nitrogens with one attached hydrogen (secondary N) is 1. The Balaban J connectivity index is 2.69. The van der Waals surface area contributed by atoms with Crippen LogP contribution in [0.25, 0.3) is 0 Å². The van der Waals surface area contributed by atoms with E-state index in [0.29, 0.717) is 12.0 Å². The second-order valence-corrected chi connectivity index (χ2v) is 5.85. The molecule has 0 saturated carbocycles. The van der Waals surface area contributed by atoms with Crippen molar-refractivity contribution in [3.8, 4) is 0 Å². The zero-order chi connectivity index (χ0) is 15.0. The molecule has 20 heavy (non-hydrogen) atoms. The Hall–Kier alpha value is -0.930. The molecule has 3 nitrogen and oxygen atoms in total. The Morgan fingerprint density at radius 1 is 1.25 bits per heavy atom. The first-order valence-electron chi connectivity index (χ1n) is 7.95. The van der Waals surface area contributed by atoms with Gasteiger partial charge in [-0.3, -0.25) is 9.88 Å². The molecular weight excluding hydrogens is 246 g/mol. The number of hydrogen-bond acceptors (Lipinski definition) is 3. The van der Waals surface area contributed by atoms with Gasteiger partial charge in [0.25, 0.3) is 0 Å². The third-order valence-electron chi connectivity index (χ3n) is 3.74. The summed E-state index contributed by atoms with van der Waals surface area (Å²) in [7, 11) is 0. The van der Waals surface area contributed by atoms with Crippen molar-refractivity contribution in [2.24, 2.45) is 5.92 Å². The topological polar surface area (TPSA) is 28.2 Å². The normalized spacial score (nSPS) is 13.2. The molecule has 1 aromatic heterocycles. The zero-order valence-corrected chi connectivity index (χ0v) is 13.8. The van der Waals surface area contributed by atoms with Crippen LogP contribution in [0.3, 0.4) is 0 Å². The van der Waals surface area contributed by atoms with Gasteiger partial charge in [0.2, 0.25) is 0 Å². The summed E-state index contributed by atoms with van der Waals surface area (Å²) < 4.78 is 0. The van der Waals surface area contributed by atoms with Crippen molar-refractivity contribution in [3.05, 3.63) is 29.6 Å². The number of likely N-dealkylation sites (N-methyl/N-ethyl adjacent to an activating group) is 1. The van der Waals surface area contributed by atoms with E-state index in [1.54, 1.807) is 0 Å². The number of hydrogen-bond donors (Lipinski definition) is 1. The van der Waals surface area contributed by atoms with E-state index in [1.807, 2.05) is 0 Å². The van der Waals surface area contributed by atoms with Crippen LogP contribution in [0.1, 0.15) is 45.5 Å². The van der Waals surface area contributed by atoms with E-state index in [2.05, 4.69) is 68.0 Å². The van der Waals surface area contributed by atoms with Crippen LogP contribution in [-0.2, 0) is 6.54 Å². The maximum atomic E-state index is 4.64. The molecule has 1 atom stereocenters. The fourth-order valence-electron chi connectivity index (χ4n) is 2.57. The highest BCUT2D eigenvalue weighted by Gasteiger charge is 2.20. The maximum absolute atomic E-state index is 4.64. The predicted molar refractivity (Wildman–Crippen MR) is 86.8 cm³/mol. The van der Waals surface area contributed by atoms with Gasteiger partial charge in [-0.25, -0.2) is 0 Å². The minimum absolute atomic E-state index is 0.564. The minimum Gasteiger partial charge on any atom is -0.315 e. The minimum atomic E-state index is 0.564. The van der Waals surface area contributed by atoms with Gasteiger partial charge in [0.15, 0.2) is 0 Å². The monoisotopic (exact) mass is 277 g/mol. The summed E-state index contributed by atoms with van der Waals surface area (Å²) in [5.41, 5.74) is 2.27. The van der Waals surface area contributed by atoms with E-state index in [1.165, 1.54) is 12.1 Å². The summed E-state index contributed by atoms with van der Waals surface area (Å²) in [4.78, 5) is 7.17. The maximum Gasteiger partial charge on any atom is 0.0547 e. The lowest BCUT2D eigenvalue weighted by molar-refractivity contribution is 0.149. The second-order valence-electron chi connectivity index (χ2n) is 5.85. The molecule has 0 aromatic carbocycles. The van der Waals surface area contributed by atoms with Crippen LogP contribution in [0.15, 0.2) is 18.2 Å². The molecule has 1 heterocycles. The Morgan fingerprint density at radius 2 is 2.00 bits per heavy atom. The van der Waals surface area contributed by atoms with Gasteiger partial charge in [0, 0.05) is 24.8 Å². The van der Waals surface area contributed by atoms with Crippen molar-refractivity contribution in [1.29, 1.82) is 0 Å². The molecule has 1 unspecified atom stereocenters. The van der Waals surface area contributed by atoms with E-state index in [9.17, 15) is 0 Å². The van der Waals surface area contributed by atoms with Crippen molar-refractivity contribution >= 4 is 0 Å². The van der Waals surface area contributed by atoms with Gasteiger partial charge < -0.3 is 5.32 Å². The van der Waals surface area contributed by atoms with Crippen molar-refractivity contribution < 1.29 is 0 Å². The number of aromatic nitrogens is 1. The Morgan fingerprint density at radius 3 is 2.55 bits per heavy atom. The number of pyridine rings is 1. The highest BCUT2D eigenvalue weighted by molar-refractivity contribution is 5.10. The molecule has 0 amide bonds. The van der Waals surface area contributed by atoms with Crippen LogP contribution in [0, 0.1) is 12.8 Å². The van der Waals surface area contributed by atoms with Crippen LogP contribution < -0.4 is 5.32 Å². The third kappa shape index (κ3) is 5.59. The Labute approximate surface area is 124 Å². The van der Waals surface area contributed by atoms with Crippen LogP contribution >= 0.6 is 0 Å². The molecule has 0 aliphatic carbocycles. The molecule has 1 aromatic rings. The second kappa shape index (κ2) is 9.09. The zero-order valence-electron chi connectivity index (χ0n) is 13.8. The van der Waals surface area contributed by atoms with Crippen LogP contribution in [0.5, 0.6) is 0 Å². The van der Waals surface area contributed by atoms with Gasteiger partial charge in [-0.15, -0.1) is 0 Å². The molecule has 0 spiro atoms. The highest BCUT2D eigenvalue weighted by atomic mass is 15.2. The van der Waals surface area contributed by atoms with Crippen molar-refractivity contribution in [3.63, 3.8) is 0 Å². The van der Waals surface area contributed by atoms with Crippen molar-refractivity contribution in [2.75, 3.05) is 19.6 Å².